The molecule has 0 bridgehead atoms. The Morgan fingerprint density at radius 3 is 2.35 bits per heavy atom. The molecule has 0 atom stereocenters. The number of hydrogen-bond donors (Lipinski definition) is 1. The second-order valence-electron chi connectivity index (χ2n) is 5.39. The Bertz CT molecular complexity index is 809. The molecule has 138 valence electrons. The predicted molar refractivity (Wildman–Crippen MR) is 90.6 cm³/mol. The van der Waals surface area contributed by atoms with Gasteiger partial charge in [0.15, 0.2) is 11.5 Å². The lowest BCUT2D eigenvalue weighted by Crippen LogP contribution is -2.18. The van der Waals surface area contributed by atoms with E-state index in [0.29, 0.717) is 40.4 Å². The summed E-state index contributed by atoms with van der Waals surface area (Å²) >= 11 is 3.35. The minimum atomic E-state index is -4.75. The first-order valence-corrected chi connectivity index (χ1v) is 8.33. The summed E-state index contributed by atoms with van der Waals surface area (Å²) in [5, 5.41) is 2.73. The molecule has 0 fully saturated rings. The van der Waals surface area contributed by atoms with Crippen molar-refractivity contribution in [3.05, 3.63) is 46.4 Å². The van der Waals surface area contributed by atoms with E-state index in [1.165, 1.54) is 12.1 Å². The molecule has 0 radical (unpaired) electrons. The zero-order chi connectivity index (χ0) is 18.7. The Morgan fingerprint density at radius 2 is 1.73 bits per heavy atom. The van der Waals surface area contributed by atoms with Crippen molar-refractivity contribution in [2.24, 2.45) is 0 Å². The van der Waals surface area contributed by atoms with E-state index < -0.39 is 6.36 Å². The standard InChI is InChI=1S/C17H13BrF3NO4/c18-12-8-14-15(25-6-5-24-14)9-13(12)22-16(23)7-10-1-3-11(4-2-10)26-17(19,20)21/h1-4,8-9H,5-7H2,(H,22,23). The first-order chi connectivity index (χ1) is 12.3. The fourth-order valence-corrected chi connectivity index (χ4v) is 2.77. The van der Waals surface area contributed by atoms with Crippen molar-refractivity contribution in [2.75, 3.05) is 18.5 Å². The van der Waals surface area contributed by atoms with Crippen molar-refractivity contribution in [1.29, 1.82) is 0 Å². The average molecular weight is 432 g/mol. The zero-order valence-electron chi connectivity index (χ0n) is 13.2. The number of nitrogens with one attached hydrogen (secondary N) is 1. The van der Waals surface area contributed by atoms with E-state index in [2.05, 4.69) is 26.0 Å². The van der Waals surface area contributed by atoms with Crippen molar-refractivity contribution >= 4 is 27.5 Å². The van der Waals surface area contributed by atoms with E-state index in [1.54, 1.807) is 12.1 Å². The molecular formula is C17H13BrF3NO4. The van der Waals surface area contributed by atoms with Crippen molar-refractivity contribution in [2.45, 2.75) is 12.8 Å². The number of amides is 1. The van der Waals surface area contributed by atoms with Crippen LogP contribution in [-0.2, 0) is 11.2 Å². The fraction of sp³-hybridized carbons (Fsp3) is 0.235. The first-order valence-electron chi connectivity index (χ1n) is 7.54. The van der Waals surface area contributed by atoms with Gasteiger partial charge in [-0.05, 0) is 33.6 Å². The van der Waals surface area contributed by atoms with Crippen molar-refractivity contribution in [1.82, 2.24) is 0 Å². The van der Waals surface area contributed by atoms with Crippen molar-refractivity contribution < 1.29 is 32.2 Å². The fourth-order valence-electron chi connectivity index (χ4n) is 2.35. The molecular weight excluding hydrogens is 419 g/mol. The van der Waals surface area contributed by atoms with Gasteiger partial charge in [-0.3, -0.25) is 4.79 Å². The SMILES string of the molecule is O=C(Cc1ccc(OC(F)(F)F)cc1)Nc1cc2c(cc1Br)OCCO2. The van der Waals surface area contributed by atoms with E-state index in [-0.39, 0.29) is 18.1 Å². The zero-order valence-corrected chi connectivity index (χ0v) is 14.8. The molecule has 5 nitrogen and oxygen atoms in total. The van der Waals surface area contributed by atoms with Crippen LogP contribution < -0.4 is 19.5 Å². The van der Waals surface area contributed by atoms with Crippen LogP contribution in [0.3, 0.4) is 0 Å². The molecule has 1 heterocycles. The second-order valence-corrected chi connectivity index (χ2v) is 6.25. The summed E-state index contributed by atoms with van der Waals surface area (Å²) in [6.45, 7) is 0.882. The van der Waals surface area contributed by atoms with Gasteiger partial charge < -0.3 is 19.5 Å². The van der Waals surface area contributed by atoms with E-state index in [0.717, 1.165) is 12.1 Å². The van der Waals surface area contributed by atoms with Crippen LogP contribution in [0, 0.1) is 0 Å². The molecule has 1 N–H and O–H groups in total. The van der Waals surface area contributed by atoms with Gasteiger partial charge in [0, 0.05) is 16.6 Å². The van der Waals surface area contributed by atoms with Crippen LogP contribution in [0.4, 0.5) is 18.9 Å². The van der Waals surface area contributed by atoms with Gasteiger partial charge in [-0.15, -0.1) is 13.2 Å². The molecule has 0 unspecified atom stereocenters. The van der Waals surface area contributed by atoms with E-state index >= 15 is 0 Å². The highest BCUT2D eigenvalue weighted by Crippen LogP contribution is 2.38. The van der Waals surface area contributed by atoms with Crippen LogP contribution in [0.25, 0.3) is 0 Å². The molecule has 0 aliphatic carbocycles. The third-order valence-corrected chi connectivity index (χ3v) is 4.08. The first kappa shape index (κ1) is 18.4. The molecule has 2 aromatic rings. The molecule has 1 aliphatic heterocycles. The van der Waals surface area contributed by atoms with Crippen molar-refractivity contribution in [3.63, 3.8) is 0 Å². The smallest absolute Gasteiger partial charge is 0.486 e. The molecule has 3 rings (SSSR count). The third-order valence-electron chi connectivity index (χ3n) is 3.43. The maximum atomic E-state index is 12.2. The number of ether oxygens (including phenoxy) is 3. The number of halogens is 4. The number of carbonyl (C=O) groups is 1. The summed E-state index contributed by atoms with van der Waals surface area (Å²) in [4.78, 5) is 12.2. The van der Waals surface area contributed by atoms with Gasteiger partial charge in [-0.1, -0.05) is 12.1 Å². The number of alkyl halides is 3. The summed E-state index contributed by atoms with van der Waals surface area (Å²) in [5.41, 5.74) is 1.06. The van der Waals surface area contributed by atoms with Gasteiger partial charge in [0.25, 0.3) is 0 Å². The van der Waals surface area contributed by atoms with Crippen molar-refractivity contribution in [3.8, 4) is 17.2 Å². The molecule has 0 spiro atoms. The minimum Gasteiger partial charge on any atom is -0.486 e. The van der Waals surface area contributed by atoms with Gasteiger partial charge in [0.05, 0.1) is 12.1 Å². The molecule has 26 heavy (non-hydrogen) atoms. The molecule has 0 saturated carbocycles. The van der Waals surface area contributed by atoms with Crippen LogP contribution in [0.1, 0.15) is 5.56 Å². The molecule has 1 aliphatic rings. The van der Waals surface area contributed by atoms with Crippen LogP contribution in [0.2, 0.25) is 0 Å². The van der Waals surface area contributed by atoms with Crippen LogP contribution >= 0.6 is 15.9 Å². The molecule has 9 heteroatoms. The summed E-state index contributed by atoms with van der Waals surface area (Å²) in [5.74, 6) is 0.452. The second kappa shape index (κ2) is 7.45. The Labute approximate surface area is 155 Å². The monoisotopic (exact) mass is 431 g/mol. The van der Waals surface area contributed by atoms with Gasteiger partial charge >= 0.3 is 6.36 Å². The number of anilines is 1. The highest BCUT2D eigenvalue weighted by atomic mass is 79.9. The molecule has 2 aromatic carbocycles. The number of hydrogen-bond acceptors (Lipinski definition) is 4. The van der Waals surface area contributed by atoms with Gasteiger partial charge in [-0.25, -0.2) is 0 Å². The van der Waals surface area contributed by atoms with Crippen LogP contribution in [0.5, 0.6) is 17.2 Å². The number of benzene rings is 2. The van der Waals surface area contributed by atoms with Gasteiger partial charge in [0.2, 0.25) is 5.91 Å². The van der Waals surface area contributed by atoms with Gasteiger partial charge in [-0.2, -0.15) is 0 Å². The predicted octanol–water partition coefficient (Wildman–Crippen LogP) is 4.30. The minimum absolute atomic E-state index is 0.00677. The lowest BCUT2D eigenvalue weighted by molar-refractivity contribution is -0.274. The maximum absolute atomic E-state index is 12.2. The highest BCUT2D eigenvalue weighted by molar-refractivity contribution is 9.10. The Hall–Kier alpha value is -2.42. The molecule has 0 aromatic heterocycles. The van der Waals surface area contributed by atoms with Crippen LogP contribution in [-0.4, -0.2) is 25.5 Å². The van der Waals surface area contributed by atoms with E-state index in [9.17, 15) is 18.0 Å². The Kier molecular flexibility index (Phi) is 5.26. The lowest BCUT2D eigenvalue weighted by atomic mass is 10.1. The summed E-state index contributed by atoms with van der Waals surface area (Å²) in [6, 6.07) is 8.48. The molecule has 1 amide bonds. The number of rotatable bonds is 4. The van der Waals surface area contributed by atoms with E-state index in [1.807, 2.05) is 0 Å². The summed E-state index contributed by atoms with van der Waals surface area (Å²) in [7, 11) is 0. The Morgan fingerprint density at radius 1 is 1.12 bits per heavy atom. The maximum Gasteiger partial charge on any atom is 0.573 e. The number of fused-ring (bicyclic) bond motifs is 1. The van der Waals surface area contributed by atoms with E-state index in [4.69, 9.17) is 9.47 Å². The summed E-state index contributed by atoms with van der Waals surface area (Å²) in [6.07, 6.45) is -4.75. The molecule has 0 saturated heterocycles. The average Bonchev–Trinajstić information content (AvgIpc) is 2.56. The number of carbonyl (C=O) groups excluding carboxylic acids is 1. The topological polar surface area (TPSA) is 56.8 Å². The highest BCUT2D eigenvalue weighted by Gasteiger charge is 2.31. The van der Waals surface area contributed by atoms with Crippen LogP contribution in [0.15, 0.2) is 40.9 Å². The lowest BCUT2D eigenvalue weighted by Gasteiger charge is -2.20. The van der Waals surface area contributed by atoms with Gasteiger partial charge in [0.1, 0.15) is 19.0 Å². The Balaban J connectivity index is 1.64. The quantitative estimate of drug-likeness (QED) is 0.783. The summed E-state index contributed by atoms with van der Waals surface area (Å²) < 4.78 is 51.8. The normalized spacial score (nSPS) is 13.2. The third kappa shape index (κ3) is 4.81. The largest absolute Gasteiger partial charge is 0.573 e.